The Balaban J connectivity index is 1.59. The lowest BCUT2D eigenvalue weighted by atomic mass is 10.1. The Kier molecular flexibility index (Phi) is 5.60. The van der Waals surface area contributed by atoms with Gasteiger partial charge in [-0.25, -0.2) is 8.42 Å². The number of anilines is 1. The van der Waals surface area contributed by atoms with Crippen molar-refractivity contribution in [2.24, 2.45) is 0 Å². The molecule has 3 aromatic rings. The van der Waals surface area contributed by atoms with E-state index < -0.39 is 10.0 Å². The van der Waals surface area contributed by atoms with E-state index >= 15 is 0 Å². The molecule has 0 unspecified atom stereocenters. The van der Waals surface area contributed by atoms with Crippen LogP contribution >= 0.6 is 0 Å². The lowest BCUT2D eigenvalue weighted by Gasteiger charge is -2.20. The Hall–Kier alpha value is -2.77. The summed E-state index contributed by atoms with van der Waals surface area (Å²) in [6.45, 7) is 1.09. The van der Waals surface area contributed by atoms with Crippen molar-refractivity contribution in [1.82, 2.24) is 9.29 Å². The molecule has 0 bridgehead atoms. The molecule has 0 aliphatic carbocycles. The van der Waals surface area contributed by atoms with Crippen LogP contribution in [0.15, 0.2) is 65.7 Å². The van der Waals surface area contributed by atoms with E-state index in [0.717, 1.165) is 36.6 Å². The summed E-state index contributed by atoms with van der Waals surface area (Å²) >= 11 is 0. The minimum Gasteiger partial charge on any atom is -0.322 e. The van der Waals surface area contributed by atoms with Crippen molar-refractivity contribution in [1.29, 1.82) is 0 Å². The van der Waals surface area contributed by atoms with Crippen LogP contribution in [-0.2, 0) is 10.0 Å². The Bertz CT molecular complexity index is 1130. The number of fused-ring (bicyclic) bond motifs is 1. The smallest absolute Gasteiger partial charge is 0.256 e. The Morgan fingerprint density at radius 2 is 1.69 bits per heavy atom. The minimum atomic E-state index is -3.57. The lowest BCUT2D eigenvalue weighted by molar-refractivity contribution is 0.102. The van der Waals surface area contributed by atoms with Crippen LogP contribution in [-0.4, -0.2) is 36.7 Å². The number of rotatable bonds is 4. The Labute approximate surface area is 170 Å². The molecule has 1 aromatic heterocycles. The maximum absolute atomic E-state index is 13.0. The first kappa shape index (κ1) is 19.5. The van der Waals surface area contributed by atoms with Gasteiger partial charge < -0.3 is 5.32 Å². The van der Waals surface area contributed by atoms with E-state index in [1.807, 2.05) is 12.1 Å². The van der Waals surface area contributed by atoms with Crippen molar-refractivity contribution in [3.8, 4) is 0 Å². The van der Waals surface area contributed by atoms with Gasteiger partial charge in [0.25, 0.3) is 5.91 Å². The van der Waals surface area contributed by atoms with Crippen LogP contribution in [0, 0.1) is 0 Å². The number of carbonyl (C=O) groups is 1. The third kappa shape index (κ3) is 4.16. The fourth-order valence-electron chi connectivity index (χ4n) is 3.67. The van der Waals surface area contributed by atoms with Gasteiger partial charge in [0.15, 0.2) is 0 Å². The summed E-state index contributed by atoms with van der Waals surface area (Å²) in [6.07, 6.45) is 5.56. The van der Waals surface area contributed by atoms with Crippen molar-refractivity contribution in [3.63, 3.8) is 0 Å². The van der Waals surface area contributed by atoms with Crippen LogP contribution in [0.5, 0.6) is 0 Å². The number of carbonyl (C=O) groups excluding carboxylic acids is 1. The Morgan fingerprint density at radius 1 is 0.931 bits per heavy atom. The third-order valence-electron chi connectivity index (χ3n) is 5.19. The first-order valence-corrected chi connectivity index (χ1v) is 11.2. The molecule has 29 heavy (non-hydrogen) atoms. The van der Waals surface area contributed by atoms with Crippen LogP contribution in [0.2, 0.25) is 0 Å². The molecule has 1 N–H and O–H groups in total. The second kappa shape index (κ2) is 8.31. The molecule has 0 radical (unpaired) electrons. The van der Waals surface area contributed by atoms with Gasteiger partial charge in [0.05, 0.1) is 10.4 Å². The number of sulfonamides is 1. The highest BCUT2D eigenvalue weighted by molar-refractivity contribution is 7.89. The summed E-state index contributed by atoms with van der Waals surface area (Å²) in [5, 5.41) is 3.58. The van der Waals surface area contributed by atoms with Crippen LogP contribution in [0.1, 0.15) is 36.0 Å². The Morgan fingerprint density at radius 3 is 2.48 bits per heavy atom. The molecule has 1 aliphatic heterocycles. The number of benzene rings is 2. The number of hydrogen-bond acceptors (Lipinski definition) is 4. The molecule has 2 aromatic carbocycles. The minimum absolute atomic E-state index is 0.205. The van der Waals surface area contributed by atoms with E-state index in [2.05, 4.69) is 10.3 Å². The van der Waals surface area contributed by atoms with Crippen molar-refractivity contribution in [2.75, 3.05) is 18.4 Å². The molecule has 7 heteroatoms. The molecule has 0 saturated carbocycles. The second-order valence-electron chi connectivity index (χ2n) is 7.18. The molecule has 1 saturated heterocycles. The molecular formula is C22H23N3O3S. The van der Waals surface area contributed by atoms with Crippen molar-refractivity contribution < 1.29 is 13.2 Å². The normalized spacial score (nSPS) is 15.7. The number of nitrogens with zero attached hydrogens (tertiary/aromatic N) is 2. The largest absolute Gasteiger partial charge is 0.322 e. The number of pyridine rings is 1. The predicted octanol–water partition coefficient (Wildman–Crippen LogP) is 4.05. The number of aromatic nitrogens is 1. The summed E-state index contributed by atoms with van der Waals surface area (Å²) in [4.78, 5) is 17.3. The van der Waals surface area contributed by atoms with Gasteiger partial charge in [-0.1, -0.05) is 31.0 Å². The average Bonchev–Trinajstić information content (AvgIpc) is 3.04. The van der Waals surface area contributed by atoms with Gasteiger partial charge in [-0.05, 0) is 49.2 Å². The van der Waals surface area contributed by atoms with Crippen molar-refractivity contribution in [2.45, 2.75) is 30.6 Å². The fraction of sp³-hybridized carbons (Fsp3) is 0.273. The molecule has 150 valence electrons. The van der Waals surface area contributed by atoms with E-state index in [0.29, 0.717) is 24.3 Å². The SMILES string of the molecule is O=C(Nc1cccc(S(=O)(=O)N2CCCCCC2)c1)c1cccc2ncccc12. The van der Waals surface area contributed by atoms with Gasteiger partial charge in [0.1, 0.15) is 0 Å². The van der Waals surface area contributed by atoms with Crippen LogP contribution in [0.25, 0.3) is 10.9 Å². The van der Waals surface area contributed by atoms with E-state index in [-0.39, 0.29) is 10.8 Å². The molecule has 2 heterocycles. The molecule has 1 aliphatic rings. The maximum Gasteiger partial charge on any atom is 0.256 e. The second-order valence-corrected chi connectivity index (χ2v) is 9.11. The highest BCUT2D eigenvalue weighted by atomic mass is 32.2. The monoisotopic (exact) mass is 409 g/mol. The van der Waals surface area contributed by atoms with Crippen LogP contribution in [0.4, 0.5) is 5.69 Å². The summed E-state index contributed by atoms with van der Waals surface area (Å²) in [5.74, 6) is -0.298. The van der Waals surface area contributed by atoms with Gasteiger partial charge >= 0.3 is 0 Å². The van der Waals surface area contributed by atoms with Crippen molar-refractivity contribution >= 4 is 32.5 Å². The van der Waals surface area contributed by atoms with Gasteiger partial charge in [0.2, 0.25) is 10.0 Å². The molecule has 6 nitrogen and oxygen atoms in total. The van der Waals surface area contributed by atoms with Crippen LogP contribution in [0.3, 0.4) is 0 Å². The average molecular weight is 410 g/mol. The van der Waals surface area contributed by atoms with Gasteiger partial charge in [-0.3, -0.25) is 9.78 Å². The van der Waals surface area contributed by atoms with E-state index in [4.69, 9.17) is 0 Å². The molecule has 1 amide bonds. The summed E-state index contributed by atoms with van der Waals surface area (Å²) in [5.41, 5.74) is 1.68. The molecule has 1 fully saturated rings. The first-order chi connectivity index (χ1) is 14.1. The number of nitrogens with one attached hydrogen (secondary N) is 1. The third-order valence-corrected chi connectivity index (χ3v) is 7.08. The van der Waals surface area contributed by atoms with E-state index in [9.17, 15) is 13.2 Å². The predicted molar refractivity (Wildman–Crippen MR) is 113 cm³/mol. The highest BCUT2D eigenvalue weighted by Gasteiger charge is 2.25. The zero-order valence-electron chi connectivity index (χ0n) is 16.0. The van der Waals surface area contributed by atoms with Crippen LogP contribution < -0.4 is 5.32 Å². The fourth-order valence-corrected chi connectivity index (χ4v) is 5.23. The van der Waals surface area contributed by atoms with Gasteiger partial charge in [-0.15, -0.1) is 0 Å². The first-order valence-electron chi connectivity index (χ1n) is 9.81. The van der Waals surface area contributed by atoms with E-state index in [1.165, 1.54) is 6.07 Å². The standard InChI is InChI=1S/C22H23N3O3S/c26-22(20-10-6-12-21-19(20)11-7-13-23-21)24-17-8-5-9-18(16-17)29(27,28)25-14-3-1-2-4-15-25/h5-13,16H,1-4,14-15H2,(H,24,26). The van der Waals surface area contributed by atoms with Gasteiger partial charge in [0, 0.05) is 35.9 Å². The molecule has 4 rings (SSSR count). The zero-order chi connectivity index (χ0) is 20.3. The van der Waals surface area contributed by atoms with Crippen molar-refractivity contribution in [3.05, 3.63) is 66.4 Å². The lowest BCUT2D eigenvalue weighted by Crippen LogP contribution is -2.32. The number of amides is 1. The molecule has 0 atom stereocenters. The maximum atomic E-state index is 13.0. The quantitative estimate of drug-likeness (QED) is 0.705. The summed E-state index contributed by atoms with van der Waals surface area (Å²) in [7, 11) is -3.57. The molecular weight excluding hydrogens is 386 g/mol. The summed E-state index contributed by atoms with van der Waals surface area (Å²) < 4.78 is 27.6. The van der Waals surface area contributed by atoms with Gasteiger partial charge in [-0.2, -0.15) is 4.31 Å². The topological polar surface area (TPSA) is 79.4 Å². The number of hydrogen-bond donors (Lipinski definition) is 1. The molecule has 0 spiro atoms. The summed E-state index contributed by atoms with van der Waals surface area (Å²) in [6, 6.07) is 15.5. The highest BCUT2D eigenvalue weighted by Crippen LogP contribution is 2.24. The van der Waals surface area contributed by atoms with E-state index in [1.54, 1.807) is 46.9 Å². The zero-order valence-corrected chi connectivity index (χ0v) is 16.9.